The minimum atomic E-state index is -1.50. The van der Waals surface area contributed by atoms with Crippen LogP contribution in [0.5, 0.6) is 0 Å². The van der Waals surface area contributed by atoms with Crippen molar-refractivity contribution in [2.45, 2.75) is 44.4 Å². The Bertz CT molecular complexity index is 725. The molecule has 1 N–H and O–H groups in total. The van der Waals surface area contributed by atoms with Gasteiger partial charge in [-0.05, 0) is 24.1 Å². The summed E-state index contributed by atoms with van der Waals surface area (Å²) in [5.41, 5.74) is 0.929. The minimum absolute atomic E-state index is 0.0527. The van der Waals surface area contributed by atoms with Gasteiger partial charge < -0.3 is 9.77 Å². The molecule has 2 rings (SSSR count). The Labute approximate surface area is 171 Å². The lowest BCUT2D eigenvalue weighted by Crippen LogP contribution is -2.08. The fourth-order valence-electron chi connectivity index (χ4n) is 2.28. The van der Waals surface area contributed by atoms with Gasteiger partial charge in [-0.3, -0.25) is 4.79 Å². The van der Waals surface area contributed by atoms with Gasteiger partial charge in [-0.15, -0.1) is 10.1 Å². The number of thioether (sulfide) groups is 1. The number of hydrogen-bond donors (Lipinski definition) is 1. The summed E-state index contributed by atoms with van der Waals surface area (Å²) in [4.78, 5) is 24.7. The van der Waals surface area contributed by atoms with Gasteiger partial charge in [0, 0.05) is 35.4 Å². The van der Waals surface area contributed by atoms with Crippen molar-refractivity contribution in [1.82, 2.24) is 9.55 Å². The number of unbranched alkanes of at least 4 members (excludes halogenated alkanes) is 2. The zero-order valence-corrected chi connectivity index (χ0v) is 17.1. The minimum Gasteiger partial charge on any atom is -0.336 e. The molecule has 0 aliphatic heterocycles. The highest BCUT2D eigenvalue weighted by molar-refractivity contribution is 8.13. The van der Waals surface area contributed by atoms with Crippen molar-refractivity contribution in [2.24, 2.45) is 0 Å². The highest BCUT2D eigenvalue weighted by atomic mass is 35.5. The van der Waals surface area contributed by atoms with E-state index in [9.17, 15) is 4.79 Å². The first kappa shape index (κ1) is 23.3. The lowest BCUT2D eigenvalue weighted by atomic mass is 10.1. The first-order valence-corrected chi connectivity index (χ1v) is 9.90. The summed E-state index contributed by atoms with van der Waals surface area (Å²) >= 11 is 13.7. The van der Waals surface area contributed by atoms with Crippen LogP contribution in [0.1, 0.15) is 43.4 Å². The molecule has 0 aliphatic carbocycles. The first-order chi connectivity index (χ1) is 12.8. The third-order valence-corrected chi connectivity index (χ3v) is 5.22. The number of carbonyl (C=O) groups is 1. The van der Waals surface area contributed by atoms with Crippen molar-refractivity contribution in [3.8, 4) is 0 Å². The fourth-order valence-corrected chi connectivity index (χ4v) is 4.05. The number of halogens is 2. The maximum Gasteiger partial charge on any atom is 0.291 e. The number of aromatic nitrogens is 2. The second kappa shape index (κ2) is 12.6. The van der Waals surface area contributed by atoms with Gasteiger partial charge >= 0.3 is 0 Å². The Morgan fingerprint density at radius 3 is 2.67 bits per heavy atom. The van der Waals surface area contributed by atoms with E-state index in [1.54, 1.807) is 18.6 Å². The van der Waals surface area contributed by atoms with Crippen molar-refractivity contribution in [3.63, 3.8) is 0 Å². The molecule has 148 valence electrons. The molecule has 0 saturated heterocycles. The van der Waals surface area contributed by atoms with E-state index >= 15 is 0 Å². The van der Waals surface area contributed by atoms with Crippen molar-refractivity contribution in [3.05, 3.63) is 62.6 Å². The van der Waals surface area contributed by atoms with E-state index < -0.39 is 5.09 Å². The number of imidazole rings is 1. The third kappa shape index (κ3) is 9.65. The average Bonchev–Trinajstić information content (AvgIpc) is 3.07. The van der Waals surface area contributed by atoms with E-state index in [4.69, 9.17) is 38.5 Å². The van der Waals surface area contributed by atoms with E-state index in [-0.39, 0.29) is 10.4 Å². The summed E-state index contributed by atoms with van der Waals surface area (Å²) in [6, 6.07) is 5.44. The molecule has 0 spiro atoms. The number of hydrogen-bond acceptors (Lipinski definition) is 5. The highest BCUT2D eigenvalue weighted by Crippen LogP contribution is 2.37. The summed E-state index contributed by atoms with van der Waals surface area (Å²) in [5, 5.41) is 15.0. The van der Waals surface area contributed by atoms with Gasteiger partial charge in [-0.2, -0.15) is 0 Å². The summed E-state index contributed by atoms with van der Waals surface area (Å²) in [6.45, 7) is 2.78. The van der Waals surface area contributed by atoms with Crippen molar-refractivity contribution >= 4 is 40.1 Å². The molecule has 10 heteroatoms. The maximum absolute atomic E-state index is 12.3. The Morgan fingerprint density at radius 1 is 1.41 bits per heavy atom. The smallest absolute Gasteiger partial charge is 0.291 e. The quantitative estimate of drug-likeness (QED) is 0.338. The largest absolute Gasteiger partial charge is 0.336 e. The predicted molar refractivity (Wildman–Crippen MR) is 107 cm³/mol. The molecule has 1 unspecified atom stereocenters. The van der Waals surface area contributed by atoms with E-state index in [0.29, 0.717) is 23.0 Å². The summed E-state index contributed by atoms with van der Waals surface area (Å²) < 4.78 is 1.96. The van der Waals surface area contributed by atoms with Gasteiger partial charge in [0.15, 0.2) is 5.12 Å². The van der Waals surface area contributed by atoms with Crippen LogP contribution >= 0.6 is 35.0 Å². The number of nitrogens with zero attached hydrogens (tertiary/aromatic N) is 3. The molecule has 0 radical (unpaired) electrons. The molecule has 0 saturated carbocycles. The summed E-state index contributed by atoms with van der Waals surface area (Å²) in [5.74, 6) is 0. The zero-order valence-electron chi connectivity index (χ0n) is 14.8. The fraction of sp³-hybridized carbons (Fsp3) is 0.412. The number of rotatable bonds is 8. The summed E-state index contributed by atoms with van der Waals surface area (Å²) in [7, 11) is 0. The molecule has 0 amide bonds. The van der Waals surface area contributed by atoms with Gasteiger partial charge in [0.2, 0.25) is 0 Å². The standard InChI is InChI=1S/C17H20Cl2N2OS.HNO3/c1-2-3-4-5-17(22)23-16(11-21-9-8-20-12-21)14-7-6-13(18)10-15(14)19;2-1(3)4/h6-10,12,16H,2-5,11H2,1H3;(H,2,3,4). The first-order valence-electron chi connectivity index (χ1n) is 8.27. The van der Waals surface area contributed by atoms with E-state index in [1.807, 2.05) is 22.9 Å². The number of carbonyl (C=O) groups excluding carboxylic acids is 1. The van der Waals surface area contributed by atoms with Gasteiger partial charge in [-0.1, -0.05) is 60.8 Å². The maximum atomic E-state index is 12.3. The van der Waals surface area contributed by atoms with Crippen LogP contribution in [0.15, 0.2) is 36.9 Å². The second-order valence-electron chi connectivity index (χ2n) is 5.60. The Balaban J connectivity index is 0.000000828. The average molecular weight is 434 g/mol. The zero-order chi connectivity index (χ0) is 20.2. The van der Waals surface area contributed by atoms with Crippen LogP contribution in [0.4, 0.5) is 0 Å². The lowest BCUT2D eigenvalue weighted by molar-refractivity contribution is -0.742. The second-order valence-corrected chi connectivity index (χ2v) is 7.70. The SMILES string of the molecule is CCCCCC(=O)SC(Cn1ccnc1)c1ccc(Cl)cc1Cl.O=[N+]([O-])O. The molecule has 0 fully saturated rings. The summed E-state index contributed by atoms with van der Waals surface area (Å²) in [6.07, 6.45) is 9.10. The molecule has 2 aromatic rings. The number of benzene rings is 1. The molecule has 1 aromatic carbocycles. The van der Waals surface area contributed by atoms with E-state index in [2.05, 4.69) is 11.9 Å². The molecule has 1 heterocycles. The molecule has 1 atom stereocenters. The van der Waals surface area contributed by atoms with Crippen LogP contribution in [-0.2, 0) is 11.3 Å². The van der Waals surface area contributed by atoms with Crippen LogP contribution in [0, 0.1) is 10.1 Å². The van der Waals surface area contributed by atoms with Crippen LogP contribution in [-0.4, -0.2) is 25.0 Å². The van der Waals surface area contributed by atoms with Crippen LogP contribution in [0.2, 0.25) is 10.0 Å². The topological polar surface area (TPSA) is 98.3 Å². The molecule has 7 nitrogen and oxygen atoms in total. The lowest BCUT2D eigenvalue weighted by Gasteiger charge is -2.18. The third-order valence-electron chi connectivity index (χ3n) is 3.50. The van der Waals surface area contributed by atoms with Gasteiger partial charge in [0.1, 0.15) is 0 Å². The van der Waals surface area contributed by atoms with Gasteiger partial charge in [0.25, 0.3) is 5.09 Å². The van der Waals surface area contributed by atoms with Crippen molar-refractivity contribution in [1.29, 1.82) is 0 Å². The molecular weight excluding hydrogens is 413 g/mol. The molecule has 0 aliphatic rings. The Hall–Kier alpha value is -1.77. The molecule has 0 bridgehead atoms. The van der Waals surface area contributed by atoms with Crippen LogP contribution in [0.3, 0.4) is 0 Å². The van der Waals surface area contributed by atoms with E-state index in [0.717, 1.165) is 24.8 Å². The van der Waals surface area contributed by atoms with Crippen LogP contribution in [0.25, 0.3) is 0 Å². The van der Waals surface area contributed by atoms with E-state index in [1.165, 1.54) is 11.8 Å². The van der Waals surface area contributed by atoms with Gasteiger partial charge in [0.05, 0.1) is 11.6 Å². The Kier molecular flexibility index (Phi) is 10.8. The van der Waals surface area contributed by atoms with Crippen molar-refractivity contribution in [2.75, 3.05) is 0 Å². The highest BCUT2D eigenvalue weighted by Gasteiger charge is 2.20. The molecular formula is C17H21Cl2N3O4S. The normalized spacial score (nSPS) is 11.4. The van der Waals surface area contributed by atoms with Crippen LogP contribution < -0.4 is 0 Å². The monoisotopic (exact) mass is 433 g/mol. The van der Waals surface area contributed by atoms with Gasteiger partial charge in [-0.25, -0.2) is 4.98 Å². The molecule has 27 heavy (non-hydrogen) atoms. The molecule has 1 aromatic heterocycles. The Morgan fingerprint density at radius 2 is 2.11 bits per heavy atom. The predicted octanol–water partition coefficient (Wildman–Crippen LogP) is 5.42. The van der Waals surface area contributed by atoms with Crippen molar-refractivity contribution < 1.29 is 15.1 Å².